The Morgan fingerprint density at radius 2 is 2.15 bits per heavy atom. The van der Waals surface area contributed by atoms with E-state index >= 15 is 0 Å². The van der Waals surface area contributed by atoms with Gasteiger partial charge >= 0.3 is 5.97 Å². The molecule has 10 heteroatoms. The standard InChI is InChI=1S/C16H15ClFNO5S2/c1-16(4-5-26(22,23)8-16)19-12(20)7-24-15(21)14-13(17)10-3-2-9(18)6-11(10)25-14/h2-3,6H,4-5,7-8H2,1H3,(H,19,20)/t16-/m1/s1. The molecule has 2 heterocycles. The van der Waals surface area contributed by atoms with Gasteiger partial charge in [-0.25, -0.2) is 17.6 Å². The highest BCUT2D eigenvalue weighted by molar-refractivity contribution is 7.91. The maximum Gasteiger partial charge on any atom is 0.350 e. The smallest absolute Gasteiger partial charge is 0.350 e. The molecule has 26 heavy (non-hydrogen) atoms. The summed E-state index contributed by atoms with van der Waals surface area (Å²) in [4.78, 5) is 24.2. The first kappa shape index (κ1) is 19.1. The van der Waals surface area contributed by atoms with E-state index in [1.54, 1.807) is 6.92 Å². The maximum absolute atomic E-state index is 13.3. The molecule has 0 saturated carbocycles. The molecule has 1 fully saturated rings. The first-order valence-electron chi connectivity index (χ1n) is 7.65. The van der Waals surface area contributed by atoms with Crippen molar-refractivity contribution in [1.82, 2.24) is 5.32 Å². The van der Waals surface area contributed by atoms with Gasteiger partial charge in [-0.2, -0.15) is 0 Å². The Labute approximate surface area is 158 Å². The predicted octanol–water partition coefficient (Wildman–Crippen LogP) is 2.54. The second-order valence-electron chi connectivity index (χ2n) is 6.41. The predicted molar refractivity (Wildman–Crippen MR) is 96.9 cm³/mol. The summed E-state index contributed by atoms with van der Waals surface area (Å²) in [6.45, 7) is 1.07. The summed E-state index contributed by atoms with van der Waals surface area (Å²) in [6.07, 6.45) is 0.308. The van der Waals surface area contributed by atoms with Crippen LogP contribution in [0.1, 0.15) is 23.0 Å². The molecule has 6 nitrogen and oxygen atoms in total. The quantitative estimate of drug-likeness (QED) is 0.769. The van der Waals surface area contributed by atoms with E-state index in [-0.39, 0.29) is 21.4 Å². The Hall–Kier alpha value is -1.71. The number of thiophene rings is 1. The summed E-state index contributed by atoms with van der Waals surface area (Å²) >= 11 is 7.10. The number of ether oxygens (including phenoxy) is 1. The number of carbonyl (C=O) groups excluding carboxylic acids is 2. The number of nitrogens with one attached hydrogen (secondary N) is 1. The third-order valence-electron chi connectivity index (χ3n) is 4.06. The molecule has 0 bridgehead atoms. The second kappa shape index (κ2) is 6.79. The summed E-state index contributed by atoms with van der Waals surface area (Å²) < 4.78 is 41.8. The van der Waals surface area contributed by atoms with Gasteiger partial charge in [-0.15, -0.1) is 11.3 Å². The number of sulfone groups is 1. The summed E-state index contributed by atoms with van der Waals surface area (Å²) in [7, 11) is -3.17. The van der Waals surface area contributed by atoms with Crippen molar-refractivity contribution in [3.8, 4) is 0 Å². The van der Waals surface area contributed by atoms with Crippen molar-refractivity contribution in [1.29, 1.82) is 0 Å². The Balaban J connectivity index is 1.64. The van der Waals surface area contributed by atoms with Gasteiger partial charge in [0.25, 0.3) is 5.91 Å². The molecule has 1 aromatic heterocycles. The van der Waals surface area contributed by atoms with Crippen LogP contribution in [0.15, 0.2) is 18.2 Å². The minimum Gasteiger partial charge on any atom is -0.451 e. The highest BCUT2D eigenvalue weighted by Gasteiger charge is 2.39. The molecule has 1 N–H and O–H groups in total. The van der Waals surface area contributed by atoms with Gasteiger partial charge < -0.3 is 10.1 Å². The Bertz CT molecular complexity index is 1000. The van der Waals surface area contributed by atoms with Crippen molar-refractivity contribution < 1.29 is 27.1 Å². The molecule has 140 valence electrons. The molecular weight excluding hydrogens is 405 g/mol. The average molecular weight is 420 g/mol. The molecule has 0 aliphatic carbocycles. The van der Waals surface area contributed by atoms with E-state index < -0.39 is 39.7 Å². The lowest BCUT2D eigenvalue weighted by molar-refractivity contribution is -0.125. The maximum atomic E-state index is 13.3. The van der Waals surface area contributed by atoms with Gasteiger partial charge in [0.05, 0.1) is 22.1 Å². The molecular formula is C16H15ClFNO5S2. The van der Waals surface area contributed by atoms with Crippen LogP contribution in [0.5, 0.6) is 0 Å². The molecule has 1 amide bonds. The summed E-state index contributed by atoms with van der Waals surface area (Å²) in [5, 5.41) is 3.26. The number of amides is 1. The van der Waals surface area contributed by atoms with Gasteiger partial charge in [0, 0.05) is 10.1 Å². The normalized spacial score (nSPS) is 21.7. The number of rotatable bonds is 4. The van der Waals surface area contributed by atoms with Gasteiger partial charge in [-0.1, -0.05) is 11.6 Å². The first-order chi connectivity index (χ1) is 12.1. The highest BCUT2D eigenvalue weighted by atomic mass is 35.5. The van der Waals surface area contributed by atoms with E-state index in [4.69, 9.17) is 16.3 Å². The van der Waals surface area contributed by atoms with E-state index in [0.29, 0.717) is 16.5 Å². The Kier molecular flexibility index (Phi) is 4.98. The number of carbonyl (C=O) groups is 2. The van der Waals surface area contributed by atoms with Crippen molar-refractivity contribution in [2.75, 3.05) is 18.1 Å². The number of benzene rings is 1. The zero-order chi connectivity index (χ0) is 19.1. The molecule has 1 aliphatic rings. The van der Waals surface area contributed by atoms with Gasteiger partial charge in [0.15, 0.2) is 16.4 Å². The van der Waals surface area contributed by atoms with Crippen LogP contribution >= 0.6 is 22.9 Å². The van der Waals surface area contributed by atoms with E-state index in [1.165, 1.54) is 18.2 Å². The largest absolute Gasteiger partial charge is 0.451 e. The third-order valence-corrected chi connectivity index (χ3v) is 7.60. The van der Waals surface area contributed by atoms with Crippen LogP contribution in [-0.2, 0) is 19.4 Å². The van der Waals surface area contributed by atoms with Crippen LogP contribution in [0.2, 0.25) is 5.02 Å². The van der Waals surface area contributed by atoms with Crippen molar-refractivity contribution in [3.05, 3.63) is 33.9 Å². The molecule has 0 unspecified atom stereocenters. The fourth-order valence-corrected chi connectivity index (χ4v) is 6.37. The van der Waals surface area contributed by atoms with Crippen molar-refractivity contribution in [2.45, 2.75) is 18.9 Å². The molecule has 1 saturated heterocycles. The second-order valence-corrected chi connectivity index (χ2v) is 10.0. The number of esters is 1. The molecule has 1 aromatic carbocycles. The van der Waals surface area contributed by atoms with Crippen LogP contribution in [0.25, 0.3) is 10.1 Å². The summed E-state index contributed by atoms with van der Waals surface area (Å²) in [5.41, 5.74) is -0.866. The third kappa shape index (κ3) is 3.99. The van der Waals surface area contributed by atoms with E-state index in [2.05, 4.69) is 5.32 Å². The van der Waals surface area contributed by atoms with Crippen molar-refractivity contribution in [2.24, 2.45) is 0 Å². The highest BCUT2D eigenvalue weighted by Crippen LogP contribution is 2.36. The zero-order valence-electron chi connectivity index (χ0n) is 13.7. The first-order valence-corrected chi connectivity index (χ1v) is 10.7. The van der Waals surface area contributed by atoms with E-state index in [9.17, 15) is 22.4 Å². The van der Waals surface area contributed by atoms with Gasteiger partial charge in [-0.05, 0) is 31.5 Å². The van der Waals surface area contributed by atoms with Crippen molar-refractivity contribution in [3.63, 3.8) is 0 Å². The fraction of sp³-hybridized carbons (Fsp3) is 0.375. The molecule has 3 rings (SSSR count). The monoisotopic (exact) mass is 419 g/mol. The topological polar surface area (TPSA) is 89.5 Å². The molecule has 2 aromatic rings. The number of hydrogen-bond donors (Lipinski definition) is 1. The van der Waals surface area contributed by atoms with Crippen LogP contribution in [-0.4, -0.2) is 43.9 Å². The van der Waals surface area contributed by atoms with Crippen LogP contribution in [0.4, 0.5) is 4.39 Å². The zero-order valence-corrected chi connectivity index (χ0v) is 16.1. The van der Waals surface area contributed by atoms with Crippen LogP contribution < -0.4 is 5.32 Å². The van der Waals surface area contributed by atoms with E-state index in [1.807, 2.05) is 0 Å². The lowest BCUT2D eigenvalue weighted by Gasteiger charge is -2.23. The van der Waals surface area contributed by atoms with Crippen LogP contribution in [0.3, 0.4) is 0 Å². The number of fused-ring (bicyclic) bond motifs is 1. The van der Waals surface area contributed by atoms with Gasteiger partial charge in [-0.3, -0.25) is 4.79 Å². The Morgan fingerprint density at radius 3 is 2.81 bits per heavy atom. The fourth-order valence-electron chi connectivity index (χ4n) is 2.85. The lowest BCUT2D eigenvalue weighted by atomic mass is 10.0. The van der Waals surface area contributed by atoms with E-state index in [0.717, 1.165) is 11.3 Å². The number of hydrogen-bond acceptors (Lipinski definition) is 6. The molecule has 1 aliphatic heterocycles. The summed E-state index contributed by atoms with van der Waals surface area (Å²) in [6, 6.07) is 3.96. The van der Waals surface area contributed by atoms with Crippen LogP contribution in [0, 0.1) is 5.82 Å². The van der Waals surface area contributed by atoms with Gasteiger partial charge in [0.2, 0.25) is 0 Å². The minimum atomic E-state index is -3.17. The summed E-state index contributed by atoms with van der Waals surface area (Å²) in [5.74, 6) is -1.98. The molecule has 0 radical (unpaired) electrons. The van der Waals surface area contributed by atoms with Crippen molar-refractivity contribution >= 4 is 54.7 Å². The molecule has 1 atom stereocenters. The Morgan fingerprint density at radius 1 is 1.42 bits per heavy atom. The molecule has 0 spiro atoms. The SMILES string of the molecule is C[C@@]1(NC(=O)COC(=O)c2sc3cc(F)ccc3c2Cl)CCS(=O)(=O)C1. The number of halogens is 2. The van der Waals surface area contributed by atoms with Gasteiger partial charge in [0.1, 0.15) is 10.7 Å². The average Bonchev–Trinajstić information content (AvgIpc) is 3.01. The lowest BCUT2D eigenvalue weighted by Crippen LogP contribution is -2.48. The minimum absolute atomic E-state index is 0.0114.